The summed E-state index contributed by atoms with van der Waals surface area (Å²) in [7, 11) is 0. The molecular formula is C71H117N13O26S2. The molecule has 1 aromatic carbocycles. The van der Waals surface area contributed by atoms with E-state index in [0.29, 0.717) is 185 Å². The van der Waals surface area contributed by atoms with Gasteiger partial charge >= 0.3 is 0 Å². The first-order valence-corrected chi connectivity index (χ1v) is 39.7. The molecule has 1 saturated heterocycles. The van der Waals surface area contributed by atoms with Gasteiger partial charge in [0.1, 0.15) is 42.0 Å². The van der Waals surface area contributed by atoms with Crippen LogP contribution in [-0.4, -0.2) is 339 Å². The number of hydrogen-bond donors (Lipinski definition) is 16. The molecule has 19 N–H and O–H groups in total. The number of phenols is 1. The lowest BCUT2D eigenvalue weighted by molar-refractivity contribution is -0.144. The first-order chi connectivity index (χ1) is 53.9. The number of aliphatic hydroxyl groups is 3. The summed E-state index contributed by atoms with van der Waals surface area (Å²) in [6, 6.07) is -5.78. The van der Waals surface area contributed by atoms with Crippen molar-refractivity contribution < 1.29 is 125 Å². The van der Waals surface area contributed by atoms with E-state index in [0.717, 1.165) is 17.1 Å². The van der Waals surface area contributed by atoms with Crippen LogP contribution in [0.3, 0.4) is 0 Å². The molecule has 0 bridgehead atoms. The topological polar surface area (TPSA) is 570 Å². The van der Waals surface area contributed by atoms with Gasteiger partial charge in [-0.3, -0.25) is 47.9 Å². The van der Waals surface area contributed by atoms with Crippen molar-refractivity contribution >= 4 is 93.3 Å². The molecule has 9 amide bonds. The van der Waals surface area contributed by atoms with Gasteiger partial charge in [-0.25, -0.2) is 0 Å². The number of H-pyrrole nitrogens is 1. The van der Waals surface area contributed by atoms with Crippen LogP contribution in [0.15, 0.2) is 41.2 Å². The third-order valence-electron chi connectivity index (χ3n) is 17.2. The Labute approximate surface area is 658 Å². The maximum absolute atomic E-state index is 15.1. The molecule has 11 atom stereocenters. The number of carbonyl (C=O) groups is 10. The fourth-order valence-electron chi connectivity index (χ4n) is 11.1. The molecule has 41 heteroatoms. The van der Waals surface area contributed by atoms with Gasteiger partial charge in [0.25, 0.3) is 0 Å². The molecule has 4 rings (SSSR count). The zero-order valence-electron chi connectivity index (χ0n) is 64.3. The van der Waals surface area contributed by atoms with Crippen molar-refractivity contribution in [3.8, 4) is 5.75 Å². The largest absolute Gasteiger partial charge is 0.610 e. The van der Waals surface area contributed by atoms with Gasteiger partial charge in [-0.15, -0.1) is 0 Å². The second-order valence-corrected chi connectivity index (χ2v) is 28.5. The third kappa shape index (κ3) is 37.7. The average Bonchev–Trinajstić information content (AvgIpc) is 1.61. The number of carbonyl (C=O) groups excluding carboxylic acids is 10. The van der Waals surface area contributed by atoms with Crippen LogP contribution < -0.4 is 59.7 Å². The Bertz CT molecular complexity index is 3240. The molecule has 0 aliphatic carbocycles. The standard InChI is InChI=1S/C71H117N13O26S2/c1-5-46(2)63(81-61(92)38-72)68(96)77-41-62(93)79-55-45-112(99)70-52(35-47(3)78-69(97)64(48(4)58(89)43-86)82-67(95)56-36-50(87)42-84(56)71(98)54(37-59(74)90)80-66(55)94)51-8-9-57(88)53(65(51)83-70)44-111-34-33-110-32-31-109-30-29-108-28-27-107-26-25-106-24-23-105-22-21-104-20-19-103-18-17-102-16-15-101-14-13-100-12-10-75-39-49(73)40-76-60(91)7-6-11-85/h6-9,11,39,46-48,50,54-56,58,63-64,75,83,86-89H,5,10,12-38,40-45,72-73H2,1-4H3,(H2,74,90)(H,76,91)(H,77,96)(H,78,97)(H,79,93)(H,80,94)(H,81,92)(H,82,95)/b7-6-,49-39-/t46-,47+,48-,50+,54-,55-,56-,58-,63?,64-,112?/m0/s1. The van der Waals surface area contributed by atoms with Crippen LogP contribution in [0.2, 0.25) is 0 Å². The van der Waals surface area contributed by atoms with E-state index in [1.165, 1.54) is 24.8 Å². The number of ether oxygens (including phenoxy) is 11. The Morgan fingerprint density at radius 3 is 1.80 bits per heavy atom. The molecule has 3 heterocycles. The van der Waals surface area contributed by atoms with Crippen LogP contribution in [-0.2, 0) is 123 Å². The fraction of sp³-hybridized carbons (Fsp3) is 0.690. The molecule has 634 valence electrons. The normalized spacial score (nSPS) is 19.8. The number of phenolic OH excluding ortho intramolecular Hbond substituents is 1. The Morgan fingerprint density at radius 2 is 1.29 bits per heavy atom. The van der Waals surface area contributed by atoms with Gasteiger partial charge in [-0.1, -0.05) is 27.2 Å². The van der Waals surface area contributed by atoms with E-state index in [2.05, 4.69) is 47.5 Å². The van der Waals surface area contributed by atoms with Crippen LogP contribution in [0.4, 0.5) is 0 Å². The lowest BCUT2D eigenvalue weighted by Gasteiger charge is -2.32. The maximum Gasteiger partial charge on any atom is 0.248 e. The average molecular weight is 1630 g/mol. The maximum atomic E-state index is 15.1. The van der Waals surface area contributed by atoms with Gasteiger partial charge in [0.05, 0.1) is 196 Å². The summed E-state index contributed by atoms with van der Waals surface area (Å²) in [4.78, 5) is 136. The van der Waals surface area contributed by atoms with Crippen molar-refractivity contribution in [2.45, 2.75) is 113 Å². The van der Waals surface area contributed by atoms with Crippen molar-refractivity contribution in [3.05, 3.63) is 47.3 Å². The number of aromatic amines is 1. The molecule has 0 saturated carbocycles. The van der Waals surface area contributed by atoms with E-state index in [1.54, 1.807) is 33.0 Å². The number of primary amides is 1. The minimum atomic E-state index is -2.35. The summed E-state index contributed by atoms with van der Waals surface area (Å²) in [6.45, 7) is 13.1. The second-order valence-electron chi connectivity index (χ2n) is 25.9. The van der Waals surface area contributed by atoms with Crippen molar-refractivity contribution in [3.63, 3.8) is 0 Å². The summed E-state index contributed by atoms with van der Waals surface area (Å²) < 4.78 is 76.4. The number of amides is 9. The second kappa shape index (κ2) is 56.8. The number of aliphatic hydroxyl groups excluding tert-OH is 3. The highest BCUT2D eigenvalue weighted by atomic mass is 32.2. The summed E-state index contributed by atoms with van der Waals surface area (Å²) in [5.74, 6) is -9.82. The number of aldehydes is 1. The number of nitrogens with two attached hydrogens (primary N) is 3. The number of allylic oxidation sites excluding steroid dienone is 1. The molecule has 2 aliphatic heterocycles. The summed E-state index contributed by atoms with van der Waals surface area (Å²) in [6.07, 6.45) is 0.514. The van der Waals surface area contributed by atoms with Crippen LogP contribution in [0, 0.1) is 11.8 Å². The van der Waals surface area contributed by atoms with Crippen molar-refractivity contribution in [2.24, 2.45) is 29.0 Å². The van der Waals surface area contributed by atoms with Crippen LogP contribution in [0.5, 0.6) is 5.75 Å². The molecule has 1 aromatic heterocycles. The quantitative estimate of drug-likeness (QED) is 0.0127. The molecule has 0 spiro atoms. The minimum absolute atomic E-state index is 0.0219. The van der Waals surface area contributed by atoms with Crippen molar-refractivity contribution in [1.29, 1.82) is 0 Å². The highest BCUT2D eigenvalue weighted by Crippen LogP contribution is 2.36. The molecule has 2 aromatic rings. The number of aromatic hydroxyl groups is 1. The van der Waals surface area contributed by atoms with Crippen LogP contribution in [0.25, 0.3) is 10.9 Å². The van der Waals surface area contributed by atoms with Crippen molar-refractivity contribution in [1.82, 2.24) is 52.4 Å². The van der Waals surface area contributed by atoms with Crippen LogP contribution >= 0.6 is 11.8 Å². The molecule has 2 aliphatic rings. The molecule has 0 radical (unpaired) electrons. The van der Waals surface area contributed by atoms with E-state index >= 15 is 4.55 Å². The molecule has 39 nitrogen and oxygen atoms in total. The molecule has 2 unspecified atom stereocenters. The first-order valence-electron chi connectivity index (χ1n) is 37.2. The first kappa shape index (κ1) is 97.0. The summed E-state index contributed by atoms with van der Waals surface area (Å²) in [5, 5.41) is 64.2. The van der Waals surface area contributed by atoms with Gasteiger partial charge in [0, 0.05) is 88.6 Å². The smallest absolute Gasteiger partial charge is 0.248 e. The number of aromatic nitrogens is 1. The molecule has 1 fully saturated rings. The van der Waals surface area contributed by atoms with E-state index in [4.69, 9.17) is 69.3 Å². The Hall–Kier alpha value is -7.40. The van der Waals surface area contributed by atoms with Gasteiger partial charge in [0.2, 0.25) is 58.2 Å². The molecular weight excluding hydrogens is 1510 g/mol. The van der Waals surface area contributed by atoms with Gasteiger partial charge in [-0.2, -0.15) is 11.8 Å². The zero-order chi connectivity index (χ0) is 82.0. The fourth-order valence-corrected chi connectivity index (χ4v) is 13.3. The Morgan fingerprint density at radius 1 is 0.741 bits per heavy atom. The van der Waals surface area contributed by atoms with E-state index in [-0.39, 0.29) is 49.1 Å². The summed E-state index contributed by atoms with van der Waals surface area (Å²) >= 11 is -0.950. The highest BCUT2D eigenvalue weighted by molar-refractivity contribution is 7.98. The Kier molecular flexibility index (Phi) is 49.2. The lowest BCUT2D eigenvalue weighted by Crippen LogP contribution is -2.61. The predicted octanol–water partition coefficient (Wildman–Crippen LogP) is -5.39. The third-order valence-corrected chi connectivity index (χ3v) is 19.6. The van der Waals surface area contributed by atoms with E-state index in [1.807, 2.05) is 0 Å². The highest BCUT2D eigenvalue weighted by Gasteiger charge is 2.45. The number of benzene rings is 1. The lowest BCUT2D eigenvalue weighted by atomic mass is 9.94. The van der Waals surface area contributed by atoms with Crippen LogP contribution in [0.1, 0.15) is 58.1 Å². The Balaban J connectivity index is 1.19. The monoisotopic (exact) mass is 1630 g/mol. The summed E-state index contributed by atoms with van der Waals surface area (Å²) in [5.41, 5.74) is 18.3. The number of fused-ring (bicyclic) bond motifs is 4. The van der Waals surface area contributed by atoms with Gasteiger partial charge in [-0.05, 0) is 37.5 Å². The van der Waals surface area contributed by atoms with E-state index < -0.39 is 163 Å². The molecule has 112 heavy (non-hydrogen) atoms. The zero-order valence-corrected chi connectivity index (χ0v) is 65.9. The number of nitrogens with one attached hydrogen (secondary N) is 9. The van der Waals surface area contributed by atoms with E-state index in [9.17, 15) is 68.4 Å². The number of nitrogens with zero attached hydrogens (tertiary/aromatic N) is 1. The number of thioether (sulfide) groups is 1. The predicted molar refractivity (Wildman–Crippen MR) is 408 cm³/mol. The number of rotatable bonds is 56. The minimum Gasteiger partial charge on any atom is -0.610 e. The number of hydrogen-bond acceptors (Lipinski definition) is 30. The van der Waals surface area contributed by atoms with Crippen molar-refractivity contribution in [2.75, 3.05) is 196 Å². The van der Waals surface area contributed by atoms with Gasteiger partial charge in [0.15, 0.2) is 6.04 Å². The van der Waals surface area contributed by atoms with Gasteiger partial charge < -0.3 is 147 Å². The SMILES string of the molecule is CC[C@H](C)C(NC(=O)CN)C(=O)NCC(=O)N[C@H]1C[S+]([O-])c2[nH]c3c(CSCCOCCOCCOCCOCCOCCOCCOCCOCCOCCOCCOCCN/C=C(\N)CNC(=O)/C=C\C=O)c(O)ccc3c2C[C@@H](C)NC(=O)[C@H]([C@@H](C)[C@@H](O)CO)NC(=O)[C@@H]2C[C@@H](O)CN2C(=O)[C@H](CC(N)=O)NC1=O.